The highest BCUT2D eigenvalue weighted by Gasteiger charge is 2.20. The normalized spacial score (nSPS) is 10.9. The molecule has 0 saturated heterocycles. The van der Waals surface area contributed by atoms with Crippen LogP contribution in [0, 0.1) is 5.41 Å². The molecule has 0 heterocycles. The number of esters is 1. The molecular weight excluding hydrogens is 216 g/mol. The average Bonchev–Trinajstić information content (AvgIpc) is 2.28. The largest absolute Gasteiger partial charge is 0.395 e. The van der Waals surface area contributed by atoms with E-state index in [1.54, 1.807) is 0 Å². The minimum atomic E-state index is -0.457. The van der Waals surface area contributed by atoms with Crippen LogP contribution in [0.3, 0.4) is 0 Å². The van der Waals surface area contributed by atoms with Crippen LogP contribution in [0.25, 0.3) is 0 Å². The van der Waals surface area contributed by atoms with Gasteiger partial charge < -0.3 is 4.74 Å². The van der Waals surface area contributed by atoms with E-state index in [1.807, 2.05) is 18.2 Å². The molecule has 0 spiro atoms. The number of carbonyl (C=O) groups is 2. The summed E-state index contributed by atoms with van der Waals surface area (Å²) >= 11 is 0. The van der Waals surface area contributed by atoms with E-state index in [2.05, 4.69) is 30.7 Å². The Morgan fingerprint density at radius 3 is 2.53 bits per heavy atom. The topological polar surface area (TPSA) is 43.4 Å². The van der Waals surface area contributed by atoms with Gasteiger partial charge in [0.25, 0.3) is 0 Å². The van der Waals surface area contributed by atoms with Crippen molar-refractivity contribution < 1.29 is 14.3 Å². The van der Waals surface area contributed by atoms with Crippen LogP contribution in [0.5, 0.6) is 0 Å². The molecule has 0 N–H and O–H groups in total. The second-order valence-corrected chi connectivity index (χ2v) is 4.91. The second kappa shape index (κ2) is 6.18. The van der Waals surface area contributed by atoms with Crippen LogP contribution < -0.4 is 0 Å². The zero-order valence-corrected chi connectivity index (χ0v) is 10.3. The maximum atomic E-state index is 11.1. The fraction of sp³-hybridized carbons (Fsp3) is 0.429. The number of carbonyl (C=O) groups excluding carboxylic acids is 2. The first-order valence-electron chi connectivity index (χ1n) is 5.70. The standard InChI is InChI=1S/C14H18O3/c1-14(2,9-8-13(16)17-11-15)10-12-6-4-3-5-7-12/h3-7,11H,8-10H2,1-2H3. The van der Waals surface area contributed by atoms with E-state index in [4.69, 9.17) is 0 Å². The van der Waals surface area contributed by atoms with Crippen molar-refractivity contribution in [3.8, 4) is 0 Å². The Balaban J connectivity index is 2.46. The minimum absolute atomic E-state index is 0.0171. The van der Waals surface area contributed by atoms with Gasteiger partial charge in [-0.2, -0.15) is 0 Å². The molecule has 92 valence electrons. The Hall–Kier alpha value is -1.64. The Labute approximate surface area is 102 Å². The molecule has 0 bridgehead atoms. The zero-order valence-electron chi connectivity index (χ0n) is 10.3. The Bertz CT molecular complexity index is 368. The van der Waals surface area contributed by atoms with Crippen LogP contribution in [0.2, 0.25) is 0 Å². The molecule has 0 unspecified atom stereocenters. The van der Waals surface area contributed by atoms with E-state index in [0.717, 1.165) is 6.42 Å². The Morgan fingerprint density at radius 2 is 1.94 bits per heavy atom. The highest BCUT2D eigenvalue weighted by Crippen LogP contribution is 2.27. The lowest BCUT2D eigenvalue weighted by Crippen LogP contribution is -2.17. The van der Waals surface area contributed by atoms with Gasteiger partial charge in [0, 0.05) is 6.42 Å². The molecule has 1 aromatic rings. The third kappa shape index (κ3) is 5.29. The molecule has 0 atom stereocenters. The third-order valence-corrected chi connectivity index (χ3v) is 2.71. The van der Waals surface area contributed by atoms with E-state index in [9.17, 15) is 9.59 Å². The molecule has 0 aliphatic heterocycles. The number of hydrogen-bond donors (Lipinski definition) is 0. The van der Waals surface area contributed by atoms with Gasteiger partial charge in [0.15, 0.2) is 0 Å². The van der Waals surface area contributed by atoms with E-state index >= 15 is 0 Å². The monoisotopic (exact) mass is 234 g/mol. The summed E-state index contributed by atoms with van der Waals surface area (Å²) in [5.41, 5.74) is 1.27. The number of benzene rings is 1. The summed E-state index contributed by atoms with van der Waals surface area (Å²) < 4.78 is 4.27. The van der Waals surface area contributed by atoms with Crippen molar-refractivity contribution in [2.24, 2.45) is 5.41 Å². The molecular formula is C14H18O3. The van der Waals surface area contributed by atoms with Crippen LogP contribution >= 0.6 is 0 Å². The van der Waals surface area contributed by atoms with Crippen LogP contribution in [-0.4, -0.2) is 12.4 Å². The highest BCUT2D eigenvalue weighted by atomic mass is 16.6. The van der Waals surface area contributed by atoms with E-state index in [-0.39, 0.29) is 18.3 Å². The molecule has 0 amide bonds. The summed E-state index contributed by atoms with van der Waals surface area (Å²) in [4.78, 5) is 21.1. The van der Waals surface area contributed by atoms with Crippen LogP contribution in [0.4, 0.5) is 0 Å². The van der Waals surface area contributed by atoms with Crippen molar-refractivity contribution in [2.45, 2.75) is 33.1 Å². The lowest BCUT2D eigenvalue weighted by atomic mass is 9.81. The number of rotatable bonds is 6. The predicted molar refractivity (Wildman–Crippen MR) is 65.3 cm³/mol. The molecule has 1 rings (SSSR count). The molecule has 3 nitrogen and oxygen atoms in total. The van der Waals surface area contributed by atoms with Crippen LogP contribution in [0.15, 0.2) is 30.3 Å². The third-order valence-electron chi connectivity index (χ3n) is 2.71. The SMILES string of the molecule is CC(C)(CCC(=O)OC=O)Cc1ccccc1. The summed E-state index contributed by atoms with van der Waals surface area (Å²) in [6.07, 6.45) is 1.88. The van der Waals surface area contributed by atoms with Gasteiger partial charge in [0.1, 0.15) is 0 Å². The first kappa shape index (κ1) is 13.4. The minimum Gasteiger partial charge on any atom is -0.395 e. The lowest BCUT2D eigenvalue weighted by Gasteiger charge is -2.24. The summed E-state index contributed by atoms with van der Waals surface area (Å²) in [5, 5.41) is 0. The first-order valence-corrected chi connectivity index (χ1v) is 5.70. The first-order chi connectivity index (χ1) is 8.03. The van der Waals surface area contributed by atoms with Gasteiger partial charge in [-0.1, -0.05) is 44.2 Å². The Kier molecular flexibility index (Phi) is 4.88. The van der Waals surface area contributed by atoms with E-state index in [0.29, 0.717) is 6.42 Å². The lowest BCUT2D eigenvalue weighted by molar-refractivity contribution is -0.151. The zero-order chi connectivity index (χ0) is 12.7. The van der Waals surface area contributed by atoms with Gasteiger partial charge >= 0.3 is 12.4 Å². The summed E-state index contributed by atoms with van der Waals surface area (Å²) in [5.74, 6) is -0.457. The van der Waals surface area contributed by atoms with Crippen LogP contribution in [0.1, 0.15) is 32.3 Å². The van der Waals surface area contributed by atoms with E-state index < -0.39 is 5.97 Å². The Morgan fingerprint density at radius 1 is 1.29 bits per heavy atom. The van der Waals surface area contributed by atoms with Crippen molar-refractivity contribution in [3.63, 3.8) is 0 Å². The number of hydrogen-bond acceptors (Lipinski definition) is 3. The second-order valence-electron chi connectivity index (χ2n) is 4.91. The maximum absolute atomic E-state index is 11.1. The molecule has 0 aromatic heterocycles. The van der Waals surface area contributed by atoms with Gasteiger partial charge in [-0.3, -0.25) is 9.59 Å². The van der Waals surface area contributed by atoms with Gasteiger partial charge in [0.05, 0.1) is 0 Å². The molecule has 0 fully saturated rings. The quantitative estimate of drug-likeness (QED) is 0.432. The van der Waals surface area contributed by atoms with Gasteiger partial charge in [-0.05, 0) is 23.8 Å². The fourth-order valence-corrected chi connectivity index (χ4v) is 1.79. The summed E-state index contributed by atoms with van der Waals surface area (Å²) in [6.45, 7) is 4.40. The smallest absolute Gasteiger partial charge is 0.313 e. The molecule has 3 heteroatoms. The van der Waals surface area contributed by atoms with Crippen molar-refractivity contribution in [1.29, 1.82) is 0 Å². The van der Waals surface area contributed by atoms with Crippen molar-refractivity contribution in [2.75, 3.05) is 0 Å². The maximum Gasteiger partial charge on any atom is 0.313 e. The van der Waals surface area contributed by atoms with E-state index in [1.165, 1.54) is 5.56 Å². The van der Waals surface area contributed by atoms with Crippen molar-refractivity contribution >= 4 is 12.4 Å². The van der Waals surface area contributed by atoms with Gasteiger partial charge in [-0.15, -0.1) is 0 Å². The summed E-state index contributed by atoms with van der Waals surface area (Å²) in [7, 11) is 0. The average molecular weight is 234 g/mol. The molecule has 1 aromatic carbocycles. The van der Waals surface area contributed by atoms with Gasteiger partial charge in [0.2, 0.25) is 0 Å². The molecule has 17 heavy (non-hydrogen) atoms. The fourth-order valence-electron chi connectivity index (χ4n) is 1.79. The summed E-state index contributed by atoms with van der Waals surface area (Å²) in [6, 6.07) is 10.1. The van der Waals surface area contributed by atoms with Crippen molar-refractivity contribution in [3.05, 3.63) is 35.9 Å². The highest BCUT2D eigenvalue weighted by molar-refractivity contribution is 5.76. The molecule has 0 radical (unpaired) electrons. The molecule has 0 saturated carbocycles. The predicted octanol–water partition coefficient (Wildman–Crippen LogP) is 2.74. The van der Waals surface area contributed by atoms with Crippen LogP contribution in [-0.2, 0) is 20.7 Å². The molecule has 0 aliphatic rings. The number of ether oxygens (including phenoxy) is 1. The molecule has 0 aliphatic carbocycles. The van der Waals surface area contributed by atoms with Crippen molar-refractivity contribution in [1.82, 2.24) is 0 Å². The van der Waals surface area contributed by atoms with Gasteiger partial charge in [-0.25, -0.2) is 0 Å².